The van der Waals surface area contributed by atoms with Crippen LogP contribution in [0.3, 0.4) is 0 Å². The van der Waals surface area contributed by atoms with Gasteiger partial charge in [-0.15, -0.1) is 4.39 Å². The van der Waals surface area contributed by atoms with Crippen LogP contribution in [0.15, 0.2) is 0 Å². The molecule has 0 saturated carbocycles. The minimum absolute atomic E-state index is 0.189. The standard InChI is InChI=1S/C29H59FN2O13/c1-34-7-8-36-11-12-38-15-16-40-19-20-42-23-24-44-27-28-45-26-25-43-22-21-41-18-17-39-14-13-37-10-9-35-6-5-32(29(30)33)4-2-3-31/h2-28,31H2,1H3. The summed E-state index contributed by atoms with van der Waals surface area (Å²) in [5, 5.41) is 0. The summed E-state index contributed by atoms with van der Waals surface area (Å²) in [5.41, 5.74) is 5.37. The molecular formula is C29H59FN2O13. The van der Waals surface area contributed by atoms with Crippen molar-refractivity contribution < 1.29 is 66.0 Å². The molecule has 2 N–H and O–H groups in total. The topological polar surface area (TPSA) is 157 Å². The summed E-state index contributed by atoms with van der Waals surface area (Å²) in [6.45, 7) is 11.9. The maximum atomic E-state index is 12.8. The number of hydrogen-bond donors (Lipinski definition) is 1. The van der Waals surface area contributed by atoms with Crippen LogP contribution in [0.25, 0.3) is 0 Å². The fraction of sp³-hybridized carbons (Fsp3) is 0.966. The lowest BCUT2D eigenvalue weighted by Crippen LogP contribution is -2.32. The lowest BCUT2D eigenvalue weighted by atomic mass is 10.4. The first-order valence-electron chi connectivity index (χ1n) is 15.7. The fourth-order valence-corrected chi connectivity index (χ4v) is 3.19. The lowest BCUT2D eigenvalue weighted by molar-refractivity contribution is -0.0281. The normalized spacial score (nSPS) is 11.4. The van der Waals surface area contributed by atoms with Crippen LogP contribution >= 0.6 is 0 Å². The van der Waals surface area contributed by atoms with Crippen LogP contribution < -0.4 is 5.73 Å². The number of halogens is 1. The summed E-state index contributed by atoms with van der Waals surface area (Å²) >= 11 is 0. The van der Waals surface area contributed by atoms with E-state index in [1.165, 1.54) is 0 Å². The number of carbonyl (C=O) groups is 1. The maximum absolute atomic E-state index is 12.8. The van der Waals surface area contributed by atoms with Crippen molar-refractivity contribution in [3.8, 4) is 0 Å². The van der Waals surface area contributed by atoms with Crippen LogP contribution in [0, 0.1) is 0 Å². The molecule has 0 aromatic rings. The van der Waals surface area contributed by atoms with Crippen molar-refractivity contribution in [3.63, 3.8) is 0 Å². The first-order chi connectivity index (χ1) is 22.2. The highest BCUT2D eigenvalue weighted by atomic mass is 19.1. The molecule has 0 atom stereocenters. The predicted molar refractivity (Wildman–Crippen MR) is 163 cm³/mol. The van der Waals surface area contributed by atoms with Gasteiger partial charge in [-0.1, -0.05) is 0 Å². The molecule has 0 aliphatic heterocycles. The van der Waals surface area contributed by atoms with Gasteiger partial charge in [0.15, 0.2) is 0 Å². The molecule has 15 nitrogen and oxygen atoms in total. The molecule has 270 valence electrons. The fourth-order valence-electron chi connectivity index (χ4n) is 3.19. The largest absolute Gasteiger partial charge is 0.400 e. The Morgan fingerprint density at radius 2 is 0.689 bits per heavy atom. The SMILES string of the molecule is COCCOCCOCCOCCOCCOCCOCCOCCOCCOCCOCCOCCN(CCCN)C(=O)F. The number of nitrogens with zero attached hydrogens (tertiary/aromatic N) is 1. The Morgan fingerprint density at radius 1 is 0.444 bits per heavy atom. The number of ether oxygens (including phenoxy) is 12. The van der Waals surface area contributed by atoms with Gasteiger partial charge >= 0.3 is 6.16 Å². The molecule has 0 saturated heterocycles. The van der Waals surface area contributed by atoms with E-state index in [0.29, 0.717) is 158 Å². The van der Waals surface area contributed by atoms with Crippen molar-refractivity contribution in [2.75, 3.05) is 179 Å². The number of nitrogens with two attached hydrogens (primary N) is 1. The molecule has 0 spiro atoms. The molecule has 1 amide bonds. The average Bonchev–Trinajstić information content (AvgIpc) is 3.04. The number of hydrogen-bond acceptors (Lipinski definition) is 14. The third-order valence-electron chi connectivity index (χ3n) is 5.54. The summed E-state index contributed by atoms with van der Waals surface area (Å²) in [6.07, 6.45) is -0.916. The first-order valence-corrected chi connectivity index (χ1v) is 15.7. The van der Waals surface area contributed by atoms with Crippen molar-refractivity contribution in [2.24, 2.45) is 5.73 Å². The van der Waals surface area contributed by atoms with Gasteiger partial charge in [0.05, 0.1) is 152 Å². The van der Waals surface area contributed by atoms with Gasteiger partial charge in [-0.3, -0.25) is 0 Å². The average molecular weight is 663 g/mol. The highest BCUT2D eigenvalue weighted by Gasteiger charge is 2.11. The monoisotopic (exact) mass is 662 g/mol. The Balaban J connectivity index is 3.12. The Kier molecular flexibility index (Phi) is 38.1. The molecule has 0 aliphatic carbocycles. The molecule has 0 heterocycles. The Labute approximate surface area is 268 Å². The van der Waals surface area contributed by atoms with E-state index in [9.17, 15) is 9.18 Å². The lowest BCUT2D eigenvalue weighted by Gasteiger charge is -2.18. The van der Waals surface area contributed by atoms with Gasteiger partial charge in [-0.05, 0) is 13.0 Å². The second-order valence-electron chi connectivity index (χ2n) is 9.11. The smallest absolute Gasteiger partial charge is 0.382 e. The Hall–Kier alpha value is -1.12. The zero-order valence-corrected chi connectivity index (χ0v) is 27.3. The van der Waals surface area contributed by atoms with Gasteiger partial charge < -0.3 is 67.5 Å². The van der Waals surface area contributed by atoms with Gasteiger partial charge in [0.1, 0.15) is 0 Å². The van der Waals surface area contributed by atoms with Gasteiger partial charge in [0.2, 0.25) is 0 Å². The molecule has 0 aliphatic rings. The second-order valence-corrected chi connectivity index (χ2v) is 9.11. The molecule has 0 unspecified atom stereocenters. The molecule has 45 heavy (non-hydrogen) atoms. The van der Waals surface area contributed by atoms with Crippen molar-refractivity contribution in [2.45, 2.75) is 6.42 Å². The van der Waals surface area contributed by atoms with Crippen molar-refractivity contribution in [1.29, 1.82) is 0 Å². The number of carbonyl (C=O) groups excluding carboxylic acids is 1. The van der Waals surface area contributed by atoms with Crippen LogP contribution in [0.5, 0.6) is 0 Å². The van der Waals surface area contributed by atoms with E-state index >= 15 is 0 Å². The minimum Gasteiger partial charge on any atom is -0.382 e. The van der Waals surface area contributed by atoms with Crippen LogP contribution in [-0.2, 0) is 56.8 Å². The summed E-state index contributed by atoms with van der Waals surface area (Å²) in [6, 6.07) is 0. The zero-order valence-electron chi connectivity index (χ0n) is 27.3. The van der Waals surface area contributed by atoms with Crippen molar-refractivity contribution >= 4 is 6.16 Å². The van der Waals surface area contributed by atoms with E-state index in [1.807, 2.05) is 0 Å². The molecule has 0 radical (unpaired) electrons. The summed E-state index contributed by atoms with van der Waals surface area (Å²) in [5.74, 6) is 0. The van der Waals surface area contributed by atoms with Gasteiger partial charge in [-0.2, -0.15) is 0 Å². The molecular weight excluding hydrogens is 603 g/mol. The summed E-state index contributed by atoms with van der Waals surface area (Å²) in [7, 11) is 1.64. The number of methoxy groups -OCH3 is 1. The zero-order chi connectivity index (χ0) is 32.7. The third-order valence-corrected chi connectivity index (χ3v) is 5.54. The number of amides is 1. The first kappa shape index (κ1) is 43.9. The van der Waals surface area contributed by atoms with E-state index in [1.54, 1.807) is 7.11 Å². The predicted octanol–water partition coefficient (Wildman–Crippen LogP) is 0.556. The van der Waals surface area contributed by atoms with E-state index in [4.69, 9.17) is 62.6 Å². The minimum atomic E-state index is -1.47. The molecule has 16 heteroatoms. The van der Waals surface area contributed by atoms with E-state index in [0.717, 1.165) is 4.90 Å². The van der Waals surface area contributed by atoms with Crippen molar-refractivity contribution in [3.05, 3.63) is 0 Å². The Bertz CT molecular complexity index is 588. The third kappa shape index (κ3) is 37.2. The highest BCUT2D eigenvalue weighted by Crippen LogP contribution is 1.96. The van der Waals surface area contributed by atoms with Crippen LogP contribution in [0.4, 0.5) is 9.18 Å². The van der Waals surface area contributed by atoms with E-state index in [-0.39, 0.29) is 19.7 Å². The van der Waals surface area contributed by atoms with E-state index in [2.05, 4.69) is 0 Å². The van der Waals surface area contributed by atoms with Crippen LogP contribution in [0.1, 0.15) is 6.42 Å². The molecule has 0 rings (SSSR count). The summed E-state index contributed by atoms with van der Waals surface area (Å²) < 4.78 is 77.3. The van der Waals surface area contributed by atoms with Crippen LogP contribution in [-0.4, -0.2) is 190 Å². The Morgan fingerprint density at radius 3 is 0.911 bits per heavy atom. The molecule has 0 fully saturated rings. The molecule has 0 bridgehead atoms. The van der Waals surface area contributed by atoms with E-state index < -0.39 is 6.16 Å². The summed E-state index contributed by atoms with van der Waals surface area (Å²) in [4.78, 5) is 11.9. The van der Waals surface area contributed by atoms with Gasteiger partial charge in [-0.25, -0.2) is 4.79 Å². The highest BCUT2D eigenvalue weighted by molar-refractivity contribution is 5.65. The van der Waals surface area contributed by atoms with Gasteiger partial charge in [0, 0.05) is 20.2 Å². The second kappa shape index (κ2) is 39.1. The maximum Gasteiger partial charge on any atom is 0.400 e. The molecule has 0 aromatic heterocycles. The van der Waals surface area contributed by atoms with Gasteiger partial charge in [0.25, 0.3) is 0 Å². The van der Waals surface area contributed by atoms with Crippen LogP contribution in [0.2, 0.25) is 0 Å². The quantitative estimate of drug-likeness (QED) is 0.0553. The molecule has 0 aromatic carbocycles. The number of rotatable bonds is 39. The van der Waals surface area contributed by atoms with Crippen molar-refractivity contribution in [1.82, 2.24) is 4.90 Å².